The summed E-state index contributed by atoms with van der Waals surface area (Å²) in [5, 5.41) is 7.04. The summed E-state index contributed by atoms with van der Waals surface area (Å²) in [5.41, 5.74) is -0.200. The number of ketones is 1. The van der Waals surface area contributed by atoms with Crippen molar-refractivity contribution in [3.63, 3.8) is 0 Å². The van der Waals surface area contributed by atoms with Gasteiger partial charge in [-0.05, 0) is 31.2 Å². The highest BCUT2D eigenvalue weighted by molar-refractivity contribution is 6.00. The lowest BCUT2D eigenvalue weighted by Gasteiger charge is -2.13. The van der Waals surface area contributed by atoms with Gasteiger partial charge in [0.15, 0.2) is 17.7 Å². The van der Waals surface area contributed by atoms with Crippen LogP contribution in [0.3, 0.4) is 0 Å². The number of esters is 1. The van der Waals surface area contributed by atoms with Crippen LogP contribution in [0.4, 0.5) is 8.78 Å². The maximum absolute atomic E-state index is 13.3. The van der Waals surface area contributed by atoms with Gasteiger partial charge in [0.1, 0.15) is 0 Å². The Kier molecular flexibility index (Phi) is 5.07. The summed E-state index contributed by atoms with van der Waals surface area (Å²) in [4.78, 5) is 36.1. The highest BCUT2D eigenvalue weighted by Crippen LogP contribution is 2.15. The van der Waals surface area contributed by atoms with Gasteiger partial charge in [-0.2, -0.15) is 5.10 Å². The molecule has 8 heteroatoms. The summed E-state index contributed by atoms with van der Waals surface area (Å²) in [5.74, 6) is -3.65. The molecule has 0 fully saturated rings. The van der Waals surface area contributed by atoms with Gasteiger partial charge in [0, 0.05) is 10.9 Å². The van der Waals surface area contributed by atoms with Gasteiger partial charge in [-0.25, -0.2) is 13.9 Å². The largest absolute Gasteiger partial charge is 0.454 e. The second-order valence-corrected chi connectivity index (χ2v) is 5.85. The van der Waals surface area contributed by atoms with Gasteiger partial charge in [-0.1, -0.05) is 18.2 Å². The highest BCUT2D eigenvalue weighted by atomic mass is 19.2. The van der Waals surface area contributed by atoms with Crippen molar-refractivity contribution in [3.05, 3.63) is 75.7 Å². The standard InChI is InChI=1S/C19H14F2N2O4/c1-10(18(25)11-6-7-14(20)15(21)8-11)27-17(24)9-16-12-4-2-3-5-13(12)19(26)23-22-16/h2-8,10H,9H2,1H3,(H,23,26)/t10-/m1/s1. The molecule has 138 valence electrons. The fourth-order valence-corrected chi connectivity index (χ4v) is 2.62. The average molecular weight is 372 g/mol. The van der Waals surface area contributed by atoms with Crippen molar-refractivity contribution >= 4 is 22.5 Å². The van der Waals surface area contributed by atoms with E-state index in [9.17, 15) is 23.2 Å². The monoisotopic (exact) mass is 372 g/mol. The molecule has 1 N–H and O–H groups in total. The lowest BCUT2D eigenvalue weighted by atomic mass is 10.1. The SMILES string of the molecule is C[C@@H](OC(=O)Cc1n[nH]c(=O)c2ccccc12)C(=O)c1ccc(F)c(F)c1. The summed E-state index contributed by atoms with van der Waals surface area (Å²) < 4.78 is 31.3. The van der Waals surface area contributed by atoms with E-state index in [1.54, 1.807) is 24.3 Å². The van der Waals surface area contributed by atoms with Crippen LogP contribution >= 0.6 is 0 Å². The summed E-state index contributed by atoms with van der Waals surface area (Å²) in [7, 11) is 0. The first-order valence-electron chi connectivity index (χ1n) is 8.02. The number of hydrogen-bond acceptors (Lipinski definition) is 5. The van der Waals surface area contributed by atoms with E-state index >= 15 is 0 Å². The van der Waals surface area contributed by atoms with Gasteiger partial charge < -0.3 is 4.74 Å². The molecule has 1 aromatic heterocycles. The Bertz CT molecular complexity index is 1090. The number of halogens is 2. The van der Waals surface area contributed by atoms with Crippen molar-refractivity contribution < 1.29 is 23.1 Å². The lowest BCUT2D eigenvalue weighted by Crippen LogP contribution is -2.26. The van der Waals surface area contributed by atoms with Gasteiger partial charge in [0.05, 0.1) is 17.5 Å². The molecule has 0 saturated carbocycles. The first kappa shape index (κ1) is 18.4. The molecule has 0 unspecified atom stereocenters. The van der Waals surface area contributed by atoms with Crippen LogP contribution < -0.4 is 5.56 Å². The minimum Gasteiger partial charge on any atom is -0.454 e. The minimum atomic E-state index is -1.20. The van der Waals surface area contributed by atoms with Crippen LogP contribution in [-0.2, 0) is 16.0 Å². The summed E-state index contributed by atoms with van der Waals surface area (Å²) in [6.45, 7) is 1.33. The molecule has 0 amide bonds. The summed E-state index contributed by atoms with van der Waals surface area (Å²) >= 11 is 0. The summed E-state index contributed by atoms with van der Waals surface area (Å²) in [6.07, 6.45) is -1.47. The highest BCUT2D eigenvalue weighted by Gasteiger charge is 2.22. The number of fused-ring (bicyclic) bond motifs is 1. The van der Waals surface area contributed by atoms with E-state index in [1.165, 1.54) is 6.92 Å². The minimum absolute atomic E-state index is 0.109. The van der Waals surface area contributed by atoms with Gasteiger partial charge >= 0.3 is 5.97 Å². The number of nitrogens with one attached hydrogen (secondary N) is 1. The third kappa shape index (κ3) is 3.89. The van der Waals surface area contributed by atoms with Gasteiger partial charge in [-0.3, -0.25) is 14.4 Å². The molecule has 6 nitrogen and oxygen atoms in total. The fourth-order valence-electron chi connectivity index (χ4n) is 2.62. The van der Waals surface area contributed by atoms with E-state index in [1.807, 2.05) is 0 Å². The van der Waals surface area contributed by atoms with E-state index in [0.717, 1.165) is 18.2 Å². The molecule has 0 bridgehead atoms. The maximum Gasteiger partial charge on any atom is 0.312 e. The molecule has 0 aliphatic rings. The quantitative estimate of drug-likeness (QED) is 0.549. The molecular formula is C19H14F2N2O4. The molecule has 1 heterocycles. The van der Waals surface area contributed by atoms with Crippen LogP contribution in [0.15, 0.2) is 47.3 Å². The van der Waals surface area contributed by atoms with Crippen LogP contribution in [0.1, 0.15) is 23.0 Å². The number of rotatable bonds is 5. The Hall–Kier alpha value is -3.42. The fraction of sp³-hybridized carbons (Fsp3) is 0.158. The molecule has 0 aliphatic carbocycles. The number of carbonyl (C=O) groups excluding carboxylic acids is 2. The number of carbonyl (C=O) groups is 2. The van der Waals surface area contributed by atoms with Crippen molar-refractivity contribution in [2.75, 3.05) is 0 Å². The predicted octanol–water partition coefficient (Wildman–Crippen LogP) is 2.56. The molecule has 0 radical (unpaired) electrons. The molecule has 0 saturated heterocycles. The smallest absolute Gasteiger partial charge is 0.312 e. The van der Waals surface area contributed by atoms with Crippen molar-refractivity contribution in [2.45, 2.75) is 19.4 Å². The van der Waals surface area contributed by atoms with E-state index in [-0.39, 0.29) is 17.5 Å². The number of hydrogen-bond donors (Lipinski definition) is 1. The third-order valence-electron chi connectivity index (χ3n) is 3.97. The van der Waals surface area contributed by atoms with Crippen molar-refractivity contribution in [1.82, 2.24) is 10.2 Å². The normalized spacial score (nSPS) is 12.0. The second kappa shape index (κ2) is 7.45. The van der Waals surface area contributed by atoms with E-state index in [2.05, 4.69) is 10.2 Å². The van der Waals surface area contributed by atoms with Gasteiger partial charge in [0.25, 0.3) is 5.56 Å². The van der Waals surface area contributed by atoms with Gasteiger partial charge in [0.2, 0.25) is 5.78 Å². The maximum atomic E-state index is 13.3. The zero-order valence-corrected chi connectivity index (χ0v) is 14.2. The summed E-state index contributed by atoms with van der Waals surface area (Å²) in [6, 6.07) is 9.32. The van der Waals surface area contributed by atoms with Crippen LogP contribution in [-0.4, -0.2) is 28.1 Å². The Morgan fingerprint density at radius 2 is 1.81 bits per heavy atom. The van der Waals surface area contributed by atoms with Gasteiger partial charge in [-0.15, -0.1) is 0 Å². The Labute approximate surface area is 151 Å². The average Bonchev–Trinajstić information content (AvgIpc) is 2.66. The van der Waals surface area contributed by atoms with E-state index in [0.29, 0.717) is 16.5 Å². The van der Waals surface area contributed by atoms with Crippen molar-refractivity contribution in [2.24, 2.45) is 0 Å². The number of aromatic nitrogens is 2. The van der Waals surface area contributed by atoms with Crippen LogP contribution in [0.25, 0.3) is 10.8 Å². The molecule has 27 heavy (non-hydrogen) atoms. The Balaban J connectivity index is 1.74. The second-order valence-electron chi connectivity index (χ2n) is 5.85. The molecular weight excluding hydrogens is 358 g/mol. The van der Waals surface area contributed by atoms with Crippen LogP contribution in [0.2, 0.25) is 0 Å². The van der Waals surface area contributed by atoms with E-state index < -0.39 is 29.5 Å². The molecule has 0 aliphatic heterocycles. The Morgan fingerprint density at radius 3 is 2.52 bits per heavy atom. The number of benzene rings is 2. The van der Waals surface area contributed by atoms with Crippen molar-refractivity contribution in [3.8, 4) is 0 Å². The topological polar surface area (TPSA) is 89.1 Å². The third-order valence-corrected chi connectivity index (χ3v) is 3.97. The lowest BCUT2D eigenvalue weighted by molar-refractivity contribution is -0.145. The molecule has 3 rings (SSSR count). The van der Waals surface area contributed by atoms with Crippen LogP contribution in [0, 0.1) is 11.6 Å². The molecule has 0 spiro atoms. The number of H-pyrrole nitrogens is 1. The number of nitrogens with zero attached hydrogens (tertiary/aromatic N) is 1. The number of Topliss-reactive ketones (excluding diaryl/α,β-unsaturated/α-hetero) is 1. The number of aromatic amines is 1. The van der Waals surface area contributed by atoms with Crippen LogP contribution in [0.5, 0.6) is 0 Å². The zero-order chi connectivity index (χ0) is 19.6. The molecule has 3 aromatic rings. The first-order valence-corrected chi connectivity index (χ1v) is 8.02. The van der Waals surface area contributed by atoms with Crippen molar-refractivity contribution in [1.29, 1.82) is 0 Å². The first-order chi connectivity index (χ1) is 12.9. The predicted molar refractivity (Wildman–Crippen MR) is 92.3 cm³/mol. The zero-order valence-electron chi connectivity index (χ0n) is 14.2. The molecule has 2 aromatic carbocycles. The molecule has 1 atom stereocenters. The Morgan fingerprint density at radius 1 is 1.11 bits per heavy atom. The van der Waals surface area contributed by atoms with E-state index in [4.69, 9.17) is 4.74 Å². The number of ether oxygens (including phenoxy) is 1.